The van der Waals surface area contributed by atoms with E-state index in [9.17, 15) is 14.7 Å². The Balaban J connectivity index is 1.53. The second-order valence-electron chi connectivity index (χ2n) is 7.81. The summed E-state index contributed by atoms with van der Waals surface area (Å²) in [5, 5.41) is 12.5. The summed E-state index contributed by atoms with van der Waals surface area (Å²) in [6, 6.07) is 3.70. The first-order valence-corrected chi connectivity index (χ1v) is 9.66. The van der Waals surface area contributed by atoms with Crippen LogP contribution in [0.4, 0.5) is 0 Å². The van der Waals surface area contributed by atoms with Crippen molar-refractivity contribution in [1.29, 1.82) is 0 Å². The third-order valence-corrected chi connectivity index (χ3v) is 5.75. The summed E-state index contributed by atoms with van der Waals surface area (Å²) in [7, 11) is 0. The average Bonchev–Trinajstić information content (AvgIpc) is 3.04. The lowest BCUT2D eigenvalue weighted by Gasteiger charge is -2.33. The summed E-state index contributed by atoms with van der Waals surface area (Å²) < 4.78 is 0. The molecule has 142 valence electrons. The van der Waals surface area contributed by atoms with Gasteiger partial charge < -0.3 is 15.3 Å². The molecule has 0 bridgehead atoms. The maximum atomic E-state index is 12.6. The van der Waals surface area contributed by atoms with Gasteiger partial charge in [0, 0.05) is 31.4 Å². The normalized spacial score (nSPS) is 27.4. The Hall–Kier alpha value is -1.95. The maximum absolute atomic E-state index is 12.6. The van der Waals surface area contributed by atoms with Gasteiger partial charge in [-0.3, -0.25) is 14.6 Å². The lowest BCUT2D eigenvalue weighted by molar-refractivity contribution is -0.131. The molecule has 2 heterocycles. The number of carbonyl (C=O) groups excluding carboxylic acids is 2. The number of hydrogen-bond donors (Lipinski definition) is 2. The van der Waals surface area contributed by atoms with E-state index in [0.29, 0.717) is 19.0 Å². The molecule has 2 N–H and O–H groups in total. The number of rotatable bonds is 6. The Bertz CT molecular complexity index is 614. The molecule has 6 nitrogen and oxygen atoms in total. The van der Waals surface area contributed by atoms with E-state index < -0.39 is 0 Å². The van der Waals surface area contributed by atoms with Gasteiger partial charge in [0.25, 0.3) is 0 Å². The van der Waals surface area contributed by atoms with Gasteiger partial charge in [-0.25, -0.2) is 0 Å². The highest BCUT2D eigenvalue weighted by molar-refractivity contribution is 5.89. The van der Waals surface area contributed by atoms with Crippen LogP contribution in [0.5, 0.6) is 0 Å². The Kier molecular flexibility index (Phi) is 6.25. The molecular formula is C20H29N3O3. The lowest BCUT2D eigenvalue weighted by atomic mass is 9.87. The molecule has 6 heteroatoms. The third kappa shape index (κ3) is 4.61. The molecule has 0 aromatic carbocycles. The molecule has 2 amide bonds. The number of likely N-dealkylation sites (tertiary alicyclic amines) is 1. The van der Waals surface area contributed by atoms with Crippen LogP contribution in [0.3, 0.4) is 0 Å². The van der Waals surface area contributed by atoms with Crippen molar-refractivity contribution in [3.8, 4) is 0 Å². The molecule has 26 heavy (non-hydrogen) atoms. The zero-order valence-electron chi connectivity index (χ0n) is 15.4. The SMILES string of the molecule is CC1CCC(N2CC(C(=O)NC(CO)Cc3ccncc3)CC2=O)CC1. The number of aliphatic hydroxyl groups is 1. The minimum atomic E-state index is -0.343. The maximum Gasteiger partial charge on any atom is 0.225 e. The molecule has 1 aromatic rings. The van der Waals surface area contributed by atoms with Crippen LogP contribution in [0.1, 0.15) is 44.6 Å². The molecule has 1 aliphatic carbocycles. The molecule has 1 saturated heterocycles. The fraction of sp³-hybridized carbons (Fsp3) is 0.650. The topological polar surface area (TPSA) is 82.5 Å². The van der Waals surface area contributed by atoms with Crippen LogP contribution in [-0.4, -0.2) is 52.0 Å². The minimum Gasteiger partial charge on any atom is -0.394 e. The number of nitrogens with one attached hydrogen (secondary N) is 1. The van der Waals surface area contributed by atoms with E-state index in [4.69, 9.17) is 0 Å². The van der Waals surface area contributed by atoms with Crippen molar-refractivity contribution in [2.24, 2.45) is 11.8 Å². The number of nitrogens with zero attached hydrogens (tertiary/aromatic N) is 2. The fourth-order valence-electron chi connectivity index (χ4n) is 4.10. The molecule has 2 unspecified atom stereocenters. The van der Waals surface area contributed by atoms with Crippen molar-refractivity contribution in [3.05, 3.63) is 30.1 Å². The summed E-state index contributed by atoms with van der Waals surface area (Å²) in [6.45, 7) is 2.65. The molecule has 2 atom stereocenters. The van der Waals surface area contributed by atoms with Crippen molar-refractivity contribution in [2.75, 3.05) is 13.2 Å². The molecular weight excluding hydrogens is 330 g/mol. The smallest absolute Gasteiger partial charge is 0.225 e. The number of amides is 2. The van der Waals surface area contributed by atoms with E-state index in [1.54, 1.807) is 12.4 Å². The van der Waals surface area contributed by atoms with Crippen LogP contribution in [0.2, 0.25) is 0 Å². The largest absolute Gasteiger partial charge is 0.394 e. The summed E-state index contributed by atoms with van der Waals surface area (Å²) >= 11 is 0. The second kappa shape index (κ2) is 8.62. The van der Waals surface area contributed by atoms with Gasteiger partial charge in [0.1, 0.15) is 0 Å². The Morgan fingerprint density at radius 2 is 2.00 bits per heavy atom. The highest BCUT2D eigenvalue weighted by Gasteiger charge is 2.39. The van der Waals surface area contributed by atoms with Gasteiger partial charge >= 0.3 is 0 Å². The van der Waals surface area contributed by atoms with E-state index in [2.05, 4.69) is 17.2 Å². The van der Waals surface area contributed by atoms with E-state index in [1.807, 2.05) is 17.0 Å². The predicted octanol–water partition coefficient (Wildman–Crippen LogP) is 1.53. The number of pyridine rings is 1. The average molecular weight is 359 g/mol. The molecule has 1 aromatic heterocycles. The lowest BCUT2D eigenvalue weighted by Crippen LogP contribution is -2.44. The van der Waals surface area contributed by atoms with Gasteiger partial charge in [-0.2, -0.15) is 0 Å². The third-order valence-electron chi connectivity index (χ3n) is 5.75. The first kappa shape index (κ1) is 18.8. The van der Waals surface area contributed by atoms with Crippen LogP contribution >= 0.6 is 0 Å². The number of aliphatic hydroxyl groups excluding tert-OH is 1. The fourth-order valence-corrected chi connectivity index (χ4v) is 4.10. The van der Waals surface area contributed by atoms with Gasteiger partial charge in [-0.1, -0.05) is 6.92 Å². The Morgan fingerprint density at radius 1 is 1.31 bits per heavy atom. The minimum absolute atomic E-state index is 0.0967. The standard InChI is InChI=1S/C20H29N3O3/c1-14-2-4-18(5-3-14)23-12-16(11-19(23)25)20(26)22-17(13-24)10-15-6-8-21-9-7-15/h6-9,14,16-18,24H,2-5,10-13H2,1H3,(H,22,26). The summed E-state index contributed by atoms with van der Waals surface area (Å²) in [4.78, 5) is 30.9. The zero-order valence-corrected chi connectivity index (χ0v) is 15.4. The van der Waals surface area contributed by atoms with Gasteiger partial charge in [-0.05, 0) is 55.7 Å². The van der Waals surface area contributed by atoms with Crippen molar-refractivity contribution in [3.63, 3.8) is 0 Å². The predicted molar refractivity (Wildman–Crippen MR) is 98.2 cm³/mol. The molecule has 0 radical (unpaired) electrons. The van der Waals surface area contributed by atoms with Gasteiger partial charge in [0.05, 0.1) is 18.6 Å². The Morgan fingerprint density at radius 3 is 2.65 bits per heavy atom. The monoisotopic (exact) mass is 359 g/mol. The van der Waals surface area contributed by atoms with Crippen LogP contribution in [0.15, 0.2) is 24.5 Å². The van der Waals surface area contributed by atoms with E-state index in [-0.39, 0.29) is 36.8 Å². The van der Waals surface area contributed by atoms with E-state index in [1.165, 1.54) is 0 Å². The second-order valence-corrected chi connectivity index (χ2v) is 7.81. The van der Waals surface area contributed by atoms with Crippen LogP contribution < -0.4 is 5.32 Å². The van der Waals surface area contributed by atoms with Crippen LogP contribution in [-0.2, 0) is 16.0 Å². The molecule has 1 saturated carbocycles. The van der Waals surface area contributed by atoms with Gasteiger partial charge in [0.15, 0.2) is 0 Å². The van der Waals surface area contributed by atoms with Gasteiger partial charge in [-0.15, -0.1) is 0 Å². The Labute approximate surface area is 155 Å². The number of hydrogen-bond acceptors (Lipinski definition) is 4. The molecule has 2 aliphatic rings. The number of carbonyl (C=O) groups is 2. The molecule has 1 aliphatic heterocycles. The quantitative estimate of drug-likeness (QED) is 0.807. The van der Waals surface area contributed by atoms with Crippen LogP contribution in [0, 0.1) is 11.8 Å². The van der Waals surface area contributed by atoms with Crippen molar-refractivity contribution >= 4 is 11.8 Å². The van der Waals surface area contributed by atoms with Crippen molar-refractivity contribution in [1.82, 2.24) is 15.2 Å². The van der Waals surface area contributed by atoms with Crippen molar-refractivity contribution < 1.29 is 14.7 Å². The van der Waals surface area contributed by atoms with Crippen molar-refractivity contribution in [2.45, 2.75) is 57.5 Å². The first-order valence-electron chi connectivity index (χ1n) is 9.66. The first-order chi connectivity index (χ1) is 12.6. The zero-order chi connectivity index (χ0) is 18.5. The number of aromatic nitrogens is 1. The summed E-state index contributed by atoms with van der Waals surface area (Å²) in [6.07, 6.45) is 8.63. The van der Waals surface area contributed by atoms with E-state index >= 15 is 0 Å². The molecule has 3 rings (SSSR count). The highest BCUT2D eigenvalue weighted by Crippen LogP contribution is 2.31. The summed E-state index contributed by atoms with van der Waals surface area (Å²) in [5.74, 6) is 0.396. The van der Waals surface area contributed by atoms with E-state index in [0.717, 1.165) is 37.2 Å². The van der Waals surface area contributed by atoms with Gasteiger partial charge in [0.2, 0.25) is 11.8 Å². The summed E-state index contributed by atoms with van der Waals surface area (Å²) in [5.41, 5.74) is 1.01. The van der Waals surface area contributed by atoms with Crippen LogP contribution in [0.25, 0.3) is 0 Å². The molecule has 0 spiro atoms. The molecule has 2 fully saturated rings. The highest BCUT2D eigenvalue weighted by atomic mass is 16.3.